The average molecular weight is 1580 g/mol. The second-order valence-corrected chi connectivity index (χ2v) is 29.3. The zero-order valence-corrected chi connectivity index (χ0v) is 66.6. The minimum atomic E-state index is -4.46. The highest BCUT2D eigenvalue weighted by atomic mass is 31.2. The van der Waals surface area contributed by atoms with Crippen LogP contribution in [0.1, 0.15) is 246 Å². The number of phosphoric ester groups is 2. The normalized spacial score (nSPS) is 12.8. The van der Waals surface area contributed by atoms with Crippen molar-refractivity contribution >= 4 is 93.2 Å². The molecule has 35 nitrogen and oxygen atoms in total. The van der Waals surface area contributed by atoms with E-state index in [-0.39, 0.29) is 90.0 Å². The second kappa shape index (κ2) is 59.3. The third-order valence-corrected chi connectivity index (χ3v) is 16.9. The molecule has 37 heteroatoms. The van der Waals surface area contributed by atoms with Crippen molar-refractivity contribution in [3.8, 4) is 0 Å². The first-order chi connectivity index (χ1) is 48.9. The van der Waals surface area contributed by atoms with Gasteiger partial charge >= 0.3 is 93.2 Å². The van der Waals surface area contributed by atoms with E-state index in [0.717, 1.165) is 19.3 Å². The highest BCUT2D eigenvalue weighted by molar-refractivity contribution is 7.46. The molecule has 0 radical (unpaired) electrons. The number of carboxylic acids is 4. The first kappa shape index (κ1) is 108. The van der Waals surface area contributed by atoms with Crippen molar-refractivity contribution in [2.24, 2.45) is 39.4 Å². The van der Waals surface area contributed by atoms with Crippen LogP contribution in [-0.4, -0.2) is 201 Å². The lowest BCUT2D eigenvalue weighted by Crippen LogP contribution is -2.34. The third kappa shape index (κ3) is 61.3. The van der Waals surface area contributed by atoms with Crippen LogP contribution in [-0.2, 0) is 123 Å². The molecule has 620 valence electrons. The molecule has 0 saturated heterocycles. The fourth-order valence-electron chi connectivity index (χ4n) is 7.00. The molecule has 5 unspecified atom stereocenters. The maximum absolute atomic E-state index is 12.0. The standard InChI is InChI=1S/C22H40O7.C17H26O10.C15H26O6.C8H17O6P.C7H15O6P/c1-5-7-8-9-10-11-12-13-14-18(19(24)25)20(26)28-15-17(23)16-29-21(27)22(3,4)6-2;1-4-17(2,3)16(24)26-10-11(27-15(23)8-6-13(20)21)9-25-14(22)7-5-12(18)19;1-5-7-11(13(17)18)10-12(16)20-8-9-21-14(19)15(3,4)6-2;1-4-8(2,3)7(9)13-5-6-14-15(10,11)12;1-3-6(2)7(8)12-4-5-13-14(9,10)11/h17-18,23H,5-16H2,1-4H3,(H,24,25);11H,4-10H2,1-3H3,(H,18,19)(H,20,21);11H,5-10H2,1-4H3,(H,17,18);4-6H2,1-3H3,(H2,10,11,12);6H,3-5H2,1-2H3,(H2,9,10,11). The summed E-state index contributed by atoms with van der Waals surface area (Å²) in [5, 5.41) is 45.1. The van der Waals surface area contributed by atoms with Crippen LogP contribution in [0, 0.1) is 39.4 Å². The van der Waals surface area contributed by atoms with Crippen molar-refractivity contribution in [2.75, 3.05) is 66.1 Å². The Kier molecular flexibility index (Phi) is 60.3. The van der Waals surface area contributed by atoms with Crippen LogP contribution in [0.15, 0.2) is 0 Å². The maximum atomic E-state index is 12.0. The first-order valence-corrected chi connectivity index (χ1v) is 38.5. The quantitative estimate of drug-likeness (QED) is 0.00899. The molecule has 0 amide bonds. The molecule has 0 heterocycles. The van der Waals surface area contributed by atoms with Crippen LogP contribution < -0.4 is 0 Å². The SMILES string of the molecule is CCC(C)(C)C(=O)OCC(COC(=O)CCC(=O)O)OC(=O)CCC(=O)O.CCC(C)(C)C(=O)OCCOP(=O)(O)O.CCC(C)C(=O)OCCOP(=O)(O)O.CCCC(CC(=O)OCCOC(=O)C(C)(C)CC)C(=O)O.CCCCCCCCCCC(C(=O)O)C(=O)OCC(O)COC(=O)C(C)(C)CC. The van der Waals surface area contributed by atoms with Crippen LogP contribution in [0.2, 0.25) is 0 Å². The zero-order chi connectivity index (χ0) is 83.1. The predicted octanol–water partition coefficient (Wildman–Crippen LogP) is 9.41. The van der Waals surface area contributed by atoms with Gasteiger partial charge in [-0.1, -0.05) is 113 Å². The number of rotatable bonds is 52. The van der Waals surface area contributed by atoms with Crippen LogP contribution in [0.5, 0.6) is 0 Å². The molecule has 0 aliphatic heterocycles. The fourth-order valence-corrected chi connectivity index (χ4v) is 7.62. The van der Waals surface area contributed by atoms with Crippen molar-refractivity contribution in [1.82, 2.24) is 0 Å². The number of hydrogen-bond acceptors (Lipinski definition) is 27. The molecule has 106 heavy (non-hydrogen) atoms. The van der Waals surface area contributed by atoms with Crippen LogP contribution in [0.4, 0.5) is 0 Å². The molecular weight excluding hydrogens is 1450 g/mol. The van der Waals surface area contributed by atoms with E-state index in [4.69, 9.17) is 72.8 Å². The number of hydrogen-bond donors (Lipinski definition) is 9. The van der Waals surface area contributed by atoms with Crippen molar-refractivity contribution in [3.05, 3.63) is 0 Å². The number of carbonyl (C=O) groups is 13. The second-order valence-electron chi connectivity index (χ2n) is 26.8. The Balaban J connectivity index is -0.000000412. The van der Waals surface area contributed by atoms with E-state index in [0.29, 0.717) is 51.4 Å². The molecular formula is C69H124O35P2. The van der Waals surface area contributed by atoms with Crippen LogP contribution in [0.25, 0.3) is 0 Å². The molecule has 0 aromatic rings. The number of esters is 9. The molecule has 0 rings (SSSR count). The van der Waals surface area contributed by atoms with E-state index < -0.39 is 159 Å². The monoisotopic (exact) mass is 1570 g/mol. The van der Waals surface area contributed by atoms with Crippen molar-refractivity contribution in [1.29, 1.82) is 0 Å². The molecule has 0 aliphatic carbocycles. The number of aliphatic hydroxyl groups excluding tert-OH is 1. The number of phosphoric acid groups is 2. The van der Waals surface area contributed by atoms with Gasteiger partial charge in [-0.05, 0) is 100 Å². The summed E-state index contributed by atoms with van der Waals surface area (Å²) in [6.45, 7) is 26.3. The third-order valence-electron chi connectivity index (χ3n) is 15.9. The number of ether oxygens (including phenoxy) is 9. The van der Waals surface area contributed by atoms with Gasteiger partial charge in [0, 0.05) is 0 Å². The largest absolute Gasteiger partial charge is 0.481 e. The van der Waals surface area contributed by atoms with E-state index in [2.05, 4.69) is 20.7 Å². The summed E-state index contributed by atoms with van der Waals surface area (Å²) in [7, 11) is -8.91. The smallest absolute Gasteiger partial charge is 0.469 e. The van der Waals surface area contributed by atoms with E-state index in [9.17, 15) is 81.7 Å². The molecule has 0 bridgehead atoms. The van der Waals surface area contributed by atoms with Crippen LogP contribution >= 0.6 is 15.6 Å². The van der Waals surface area contributed by atoms with Gasteiger partial charge in [-0.25, -0.2) is 9.13 Å². The Bertz CT molecular complexity index is 2700. The lowest BCUT2D eigenvalue weighted by Gasteiger charge is -2.23. The van der Waals surface area contributed by atoms with Gasteiger partial charge in [0.05, 0.1) is 78.8 Å². The Morgan fingerprint density at radius 2 is 0.764 bits per heavy atom. The minimum absolute atomic E-state index is 0.0144. The Morgan fingerprint density at radius 3 is 1.16 bits per heavy atom. The molecule has 0 spiro atoms. The zero-order valence-electron chi connectivity index (χ0n) is 64.8. The van der Waals surface area contributed by atoms with Gasteiger partial charge in [0.15, 0.2) is 12.0 Å². The van der Waals surface area contributed by atoms with E-state index in [1.807, 2.05) is 34.6 Å². The van der Waals surface area contributed by atoms with Gasteiger partial charge < -0.3 is 87.7 Å². The number of aliphatic carboxylic acids is 4. The molecule has 0 fully saturated rings. The number of carboxylic acid groups (broad SMARTS) is 4. The van der Waals surface area contributed by atoms with Crippen molar-refractivity contribution in [2.45, 2.75) is 258 Å². The average Bonchev–Trinajstić information content (AvgIpc) is 0.875. The predicted molar refractivity (Wildman–Crippen MR) is 378 cm³/mol. The summed E-state index contributed by atoms with van der Waals surface area (Å²) in [5.41, 5.74) is -2.54. The van der Waals surface area contributed by atoms with Crippen molar-refractivity contribution in [3.63, 3.8) is 0 Å². The van der Waals surface area contributed by atoms with Gasteiger partial charge in [0.25, 0.3) is 0 Å². The highest BCUT2D eigenvalue weighted by Crippen LogP contribution is 2.36. The summed E-state index contributed by atoms with van der Waals surface area (Å²) in [5.74, 6) is -11.9. The Labute approximate surface area is 622 Å². The number of carbonyl (C=O) groups excluding carboxylic acids is 9. The Morgan fingerprint density at radius 1 is 0.387 bits per heavy atom. The lowest BCUT2D eigenvalue weighted by molar-refractivity contribution is -0.171. The summed E-state index contributed by atoms with van der Waals surface area (Å²) in [6, 6.07) is 0. The summed E-state index contributed by atoms with van der Waals surface area (Å²) in [6.07, 6.45) is 8.88. The van der Waals surface area contributed by atoms with Gasteiger partial charge in [0.1, 0.15) is 59.0 Å². The maximum Gasteiger partial charge on any atom is 0.469 e. The molecule has 5 atom stereocenters. The van der Waals surface area contributed by atoms with Crippen molar-refractivity contribution < 1.29 is 168 Å². The summed E-state index contributed by atoms with van der Waals surface area (Å²) < 4.78 is 72.9. The first-order valence-electron chi connectivity index (χ1n) is 35.4. The van der Waals surface area contributed by atoms with Crippen LogP contribution in [0.3, 0.4) is 0 Å². The van der Waals surface area contributed by atoms with Gasteiger partial charge in [-0.3, -0.25) is 71.4 Å². The fraction of sp³-hybridized carbons (Fsp3) is 0.812. The van der Waals surface area contributed by atoms with E-state index in [1.54, 1.807) is 69.2 Å². The van der Waals surface area contributed by atoms with E-state index in [1.165, 1.54) is 25.7 Å². The molecule has 0 saturated carbocycles. The summed E-state index contributed by atoms with van der Waals surface area (Å²) >= 11 is 0. The molecule has 9 N–H and O–H groups in total. The molecule has 0 aromatic carbocycles. The molecule has 0 aromatic heterocycles. The Hall–Kier alpha value is -6.71. The number of unbranched alkanes of at least 4 members (excludes halogenated alkanes) is 7. The van der Waals surface area contributed by atoms with Gasteiger partial charge in [0.2, 0.25) is 0 Å². The molecule has 0 aliphatic rings. The van der Waals surface area contributed by atoms with E-state index >= 15 is 0 Å². The summed E-state index contributed by atoms with van der Waals surface area (Å²) in [4.78, 5) is 181. The van der Waals surface area contributed by atoms with Gasteiger partial charge in [-0.2, -0.15) is 0 Å². The number of aliphatic hydroxyl groups is 1. The topological polar surface area (TPSA) is 540 Å². The highest BCUT2D eigenvalue weighted by Gasteiger charge is 2.33. The van der Waals surface area contributed by atoms with Gasteiger partial charge in [-0.15, -0.1) is 0 Å². The minimum Gasteiger partial charge on any atom is -0.481 e. The lowest BCUT2D eigenvalue weighted by atomic mass is 9.91.